The van der Waals surface area contributed by atoms with Gasteiger partial charge in [-0.05, 0) is 62.2 Å². The minimum atomic E-state index is -1.01. The Balaban J connectivity index is 2.02. The van der Waals surface area contributed by atoms with Gasteiger partial charge in [0.1, 0.15) is 5.75 Å². The van der Waals surface area contributed by atoms with Crippen molar-refractivity contribution < 1.29 is 19.4 Å². The second-order valence-corrected chi connectivity index (χ2v) is 5.33. The van der Waals surface area contributed by atoms with Crippen molar-refractivity contribution in [3.8, 4) is 5.75 Å². The molecule has 5 heteroatoms. The highest BCUT2D eigenvalue weighted by atomic mass is 16.5. The van der Waals surface area contributed by atoms with Crippen molar-refractivity contribution in [3.63, 3.8) is 0 Å². The number of carboxylic acids is 1. The highest BCUT2D eigenvalue weighted by Gasteiger charge is 2.16. The molecule has 5 nitrogen and oxygen atoms in total. The number of hydrogen-bond acceptors (Lipinski definition) is 3. The normalized spacial score (nSPS) is 11.6. The van der Waals surface area contributed by atoms with E-state index in [2.05, 4.69) is 5.32 Å². The van der Waals surface area contributed by atoms with Crippen molar-refractivity contribution in [2.45, 2.75) is 26.9 Å². The molecular weight excluding hydrogens is 294 g/mol. The molecule has 1 amide bonds. The lowest BCUT2D eigenvalue weighted by molar-refractivity contribution is -0.122. The van der Waals surface area contributed by atoms with Gasteiger partial charge < -0.3 is 15.2 Å². The molecule has 2 rings (SSSR count). The third kappa shape index (κ3) is 4.10. The molecule has 0 aromatic heterocycles. The molecule has 1 atom stereocenters. The number of aromatic carboxylic acids is 1. The smallest absolute Gasteiger partial charge is 0.335 e. The van der Waals surface area contributed by atoms with E-state index in [1.165, 1.54) is 12.1 Å². The Kier molecular flexibility index (Phi) is 5.01. The molecule has 0 radical (unpaired) electrons. The quantitative estimate of drug-likeness (QED) is 0.887. The van der Waals surface area contributed by atoms with E-state index in [0.717, 1.165) is 11.1 Å². The van der Waals surface area contributed by atoms with Gasteiger partial charge in [-0.25, -0.2) is 4.79 Å². The van der Waals surface area contributed by atoms with Crippen LogP contribution in [-0.4, -0.2) is 23.1 Å². The van der Waals surface area contributed by atoms with E-state index in [0.29, 0.717) is 11.4 Å². The van der Waals surface area contributed by atoms with Crippen LogP contribution in [0.1, 0.15) is 28.4 Å². The van der Waals surface area contributed by atoms with Crippen LogP contribution in [0.15, 0.2) is 42.5 Å². The van der Waals surface area contributed by atoms with Crippen LogP contribution in [-0.2, 0) is 4.79 Å². The van der Waals surface area contributed by atoms with Crippen LogP contribution < -0.4 is 10.1 Å². The summed E-state index contributed by atoms with van der Waals surface area (Å²) in [7, 11) is 0. The number of rotatable bonds is 5. The molecule has 120 valence electrons. The maximum Gasteiger partial charge on any atom is 0.335 e. The fourth-order valence-corrected chi connectivity index (χ4v) is 2.04. The van der Waals surface area contributed by atoms with Gasteiger partial charge in [-0.2, -0.15) is 0 Å². The molecule has 0 bridgehead atoms. The number of carbonyl (C=O) groups is 2. The lowest BCUT2D eigenvalue weighted by Gasteiger charge is -2.17. The predicted octanol–water partition coefficient (Wildman–Crippen LogP) is 3.41. The van der Waals surface area contributed by atoms with Crippen LogP contribution in [0.2, 0.25) is 0 Å². The Hall–Kier alpha value is -2.82. The molecule has 2 aromatic carbocycles. The third-order valence-electron chi connectivity index (χ3n) is 3.63. The molecule has 0 heterocycles. The van der Waals surface area contributed by atoms with Crippen LogP contribution in [0.4, 0.5) is 5.69 Å². The van der Waals surface area contributed by atoms with Crippen molar-refractivity contribution >= 4 is 17.6 Å². The Morgan fingerprint density at radius 1 is 1.09 bits per heavy atom. The minimum Gasteiger partial charge on any atom is -0.481 e. The van der Waals surface area contributed by atoms with Crippen molar-refractivity contribution in [2.24, 2.45) is 0 Å². The lowest BCUT2D eigenvalue weighted by atomic mass is 10.1. The summed E-state index contributed by atoms with van der Waals surface area (Å²) < 4.78 is 5.72. The van der Waals surface area contributed by atoms with Crippen LogP contribution in [0.25, 0.3) is 0 Å². The summed E-state index contributed by atoms with van der Waals surface area (Å²) >= 11 is 0. The first kappa shape index (κ1) is 16.5. The standard InChI is InChI=1S/C18H19NO4/c1-11-5-4-6-16(12(11)2)23-13(3)17(20)19-15-9-7-14(8-10-15)18(21)22/h4-10,13H,1-3H3,(H,19,20)(H,21,22)/t13-/m0/s1. The number of hydrogen-bond donors (Lipinski definition) is 2. The van der Waals surface area contributed by atoms with Gasteiger partial charge in [0.05, 0.1) is 5.56 Å². The van der Waals surface area contributed by atoms with Gasteiger partial charge >= 0.3 is 5.97 Å². The SMILES string of the molecule is Cc1cccc(O[C@@H](C)C(=O)Nc2ccc(C(=O)O)cc2)c1C. The molecule has 23 heavy (non-hydrogen) atoms. The predicted molar refractivity (Wildman–Crippen MR) is 88.0 cm³/mol. The number of anilines is 1. The summed E-state index contributed by atoms with van der Waals surface area (Å²) in [6, 6.07) is 11.7. The Labute approximate surface area is 134 Å². The molecule has 0 unspecified atom stereocenters. The second kappa shape index (κ2) is 6.96. The van der Waals surface area contributed by atoms with E-state index in [1.807, 2.05) is 32.0 Å². The molecule has 0 aliphatic carbocycles. The first-order valence-electron chi connectivity index (χ1n) is 7.25. The van der Waals surface area contributed by atoms with Gasteiger partial charge in [0.2, 0.25) is 0 Å². The van der Waals surface area contributed by atoms with Gasteiger partial charge in [0.15, 0.2) is 6.10 Å². The summed E-state index contributed by atoms with van der Waals surface area (Å²) in [6.07, 6.45) is -0.672. The fraction of sp³-hybridized carbons (Fsp3) is 0.222. The van der Waals surface area contributed by atoms with Crippen molar-refractivity contribution in [1.82, 2.24) is 0 Å². The third-order valence-corrected chi connectivity index (χ3v) is 3.63. The number of benzene rings is 2. The van der Waals surface area contributed by atoms with Gasteiger partial charge in [0, 0.05) is 5.69 Å². The van der Waals surface area contributed by atoms with Crippen molar-refractivity contribution in [2.75, 3.05) is 5.32 Å². The number of aryl methyl sites for hydroxylation is 1. The van der Waals surface area contributed by atoms with Gasteiger partial charge in [-0.3, -0.25) is 4.79 Å². The zero-order chi connectivity index (χ0) is 17.0. The Morgan fingerprint density at radius 2 is 1.74 bits per heavy atom. The van der Waals surface area contributed by atoms with Crippen LogP contribution >= 0.6 is 0 Å². The van der Waals surface area contributed by atoms with Crippen LogP contribution in [0.5, 0.6) is 5.75 Å². The van der Waals surface area contributed by atoms with E-state index in [4.69, 9.17) is 9.84 Å². The molecular formula is C18H19NO4. The zero-order valence-corrected chi connectivity index (χ0v) is 13.3. The average Bonchev–Trinajstić information content (AvgIpc) is 2.52. The van der Waals surface area contributed by atoms with E-state index in [-0.39, 0.29) is 11.5 Å². The monoisotopic (exact) mass is 313 g/mol. The van der Waals surface area contributed by atoms with E-state index < -0.39 is 12.1 Å². The average molecular weight is 313 g/mol. The molecule has 0 aliphatic heterocycles. The maximum absolute atomic E-state index is 12.2. The first-order valence-corrected chi connectivity index (χ1v) is 7.25. The summed E-state index contributed by atoms with van der Waals surface area (Å²) in [6.45, 7) is 5.60. The highest BCUT2D eigenvalue weighted by molar-refractivity contribution is 5.95. The molecule has 0 fully saturated rings. The van der Waals surface area contributed by atoms with E-state index in [1.54, 1.807) is 19.1 Å². The van der Waals surface area contributed by atoms with E-state index >= 15 is 0 Å². The molecule has 2 N–H and O–H groups in total. The molecule has 0 spiro atoms. The van der Waals surface area contributed by atoms with Gasteiger partial charge in [-0.1, -0.05) is 12.1 Å². The molecule has 0 saturated heterocycles. The number of nitrogens with one attached hydrogen (secondary N) is 1. The van der Waals surface area contributed by atoms with E-state index in [9.17, 15) is 9.59 Å². The summed E-state index contributed by atoms with van der Waals surface area (Å²) in [4.78, 5) is 23.0. The zero-order valence-electron chi connectivity index (χ0n) is 13.3. The molecule has 2 aromatic rings. The Morgan fingerprint density at radius 3 is 2.35 bits per heavy atom. The lowest BCUT2D eigenvalue weighted by Crippen LogP contribution is -2.30. The molecule has 0 saturated carbocycles. The Bertz CT molecular complexity index is 722. The van der Waals surface area contributed by atoms with Gasteiger partial charge in [0.25, 0.3) is 5.91 Å². The van der Waals surface area contributed by atoms with Crippen LogP contribution in [0.3, 0.4) is 0 Å². The van der Waals surface area contributed by atoms with Crippen molar-refractivity contribution in [3.05, 3.63) is 59.2 Å². The van der Waals surface area contributed by atoms with Crippen molar-refractivity contribution in [1.29, 1.82) is 0 Å². The fourth-order valence-electron chi connectivity index (χ4n) is 2.04. The highest BCUT2D eigenvalue weighted by Crippen LogP contribution is 2.22. The largest absolute Gasteiger partial charge is 0.481 e. The second-order valence-electron chi connectivity index (χ2n) is 5.33. The first-order chi connectivity index (χ1) is 10.9. The number of carboxylic acid groups (broad SMARTS) is 1. The number of carbonyl (C=O) groups excluding carboxylic acids is 1. The van der Waals surface area contributed by atoms with Crippen LogP contribution in [0, 0.1) is 13.8 Å². The topological polar surface area (TPSA) is 75.6 Å². The number of ether oxygens (including phenoxy) is 1. The number of amides is 1. The molecule has 0 aliphatic rings. The summed E-state index contributed by atoms with van der Waals surface area (Å²) in [5, 5.41) is 11.6. The maximum atomic E-state index is 12.2. The summed E-state index contributed by atoms with van der Waals surface area (Å²) in [5.41, 5.74) is 2.79. The summed E-state index contributed by atoms with van der Waals surface area (Å²) in [5.74, 6) is -0.627. The van der Waals surface area contributed by atoms with Gasteiger partial charge in [-0.15, -0.1) is 0 Å². The minimum absolute atomic E-state index is 0.169.